The molecule has 0 bridgehead atoms. The Morgan fingerprint density at radius 3 is 2.64 bits per heavy atom. The molecule has 5 amide bonds. The number of carbonyl (C=O) groups excluding carboxylic acids is 4. The Hall–Kier alpha value is -3.40. The first kappa shape index (κ1) is 21.4. The van der Waals surface area contributed by atoms with Crippen LogP contribution in [0.4, 0.5) is 16.2 Å². The number of rotatable bonds is 3. The van der Waals surface area contributed by atoms with Crippen LogP contribution in [0.25, 0.3) is 0 Å². The van der Waals surface area contributed by atoms with Gasteiger partial charge in [-0.2, -0.15) is 0 Å². The zero-order valence-electron chi connectivity index (χ0n) is 18.0. The number of carbonyl (C=O) groups is 4. The van der Waals surface area contributed by atoms with Gasteiger partial charge < -0.3 is 15.4 Å². The molecule has 33 heavy (non-hydrogen) atoms. The second-order valence-corrected chi connectivity index (χ2v) is 9.91. The first-order valence-electron chi connectivity index (χ1n) is 10.4. The molecule has 1 unspecified atom stereocenters. The number of amides is 5. The summed E-state index contributed by atoms with van der Waals surface area (Å²) in [6, 6.07) is 10.2. The van der Waals surface area contributed by atoms with E-state index in [2.05, 4.69) is 31.9 Å². The van der Waals surface area contributed by atoms with E-state index in [1.54, 1.807) is 38.1 Å². The molecule has 5 rings (SSSR count). The second-order valence-electron chi connectivity index (χ2n) is 8.99. The molecular formula is C23H25BrN4O5. The van der Waals surface area contributed by atoms with Crippen LogP contribution < -0.4 is 25.6 Å². The highest BCUT2D eigenvalue weighted by atomic mass is 79.9. The number of benzene rings is 2. The number of halogens is 1. The topological polar surface area (TPSA) is 117 Å². The van der Waals surface area contributed by atoms with E-state index in [4.69, 9.17) is 4.74 Å². The predicted octanol–water partition coefficient (Wildman–Crippen LogP) is 2.76. The van der Waals surface area contributed by atoms with Crippen molar-refractivity contribution < 1.29 is 26.8 Å². The molecule has 2 heterocycles. The molecule has 0 aromatic heterocycles. The van der Waals surface area contributed by atoms with Crippen LogP contribution in [0.5, 0.6) is 5.75 Å². The monoisotopic (exact) mass is 516 g/mol. The first-order valence-corrected chi connectivity index (χ1v) is 11.2. The van der Waals surface area contributed by atoms with Gasteiger partial charge >= 0.3 is 6.03 Å². The molecule has 9 nitrogen and oxygen atoms in total. The van der Waals surface area contributed by atoms with E-state index in [1.165, 1.54) is 4.90 Å². The van der Waals surface area contributed by atoms with Crippen molar-refractivity contribution in [1.29, 1.82) is 0 Å². The molecule has 0 saturated carbocycles. The van der Waals surface area contributed by atoms with E-state index in [1.807, 2.05) is 12.1 Å². The van der Waals surface area contributed by atoms with Crippen molar-refractivity contribution in [1.82, 2.24) is 10.6 Å². The number of ether oxygens (including phenoxy) is 1. The van der Waals surface area contributed by atoms with E-state index >= 15 is 0 Å². The number of nitrogens with one attached hydrogen (secondary N) is 3. The Labute approximate surface area is 200 Å². The fourth-order valence-electron chi connectivity index (χ4n) is 4.57. The van der Waals surface area contributed by atoms with E-state index in [0.29, 0.717) is 30.0 Å². The van der Waals surface area contributed by atoms with Gasteiger partial charge in [0.15, 0.2) is 5.60 Å². The minimum Gasteiger partial charge on any atom is -0.476 e. The lowest BCUT2D eigenvalue weighted by atomic mass is 9.96. The number of imide groups is 1. The number of anilines is 2. The van der Waals surface area contributed by atoms with Gasteiger partial charge in [-0.25, -0.2) is 4.79 Å². The van der Waals surface area contributed by atoms with Crippen LogP contribution in [0.1, 0.15) is 27.8 Å². The van der Waals surface area contributed by atoms with Crippen LogP contribution in [0.15, 0.2) is 40.9 Å². The summed E-state index contributed by atoms with van der Waals surface area (Å²) in [6.07, 6.45) is 0.748. The van der Waals surface area contributed by atoms with Crippen LogP contribution in [0, 0.1) is 0 Å². The molecule has 2 aromatic rings. The molecule has 3 aliphatic rings. The van der Waals surface area contributed by atoms with E-state index in [9.17, 15) is 19.2 Å². The van der Waals surface area contributed by atoms with Gasteiger partial charge in [0.1, 0.15) is 17.8 Å². The van der Waals surface area contributed by atoms with Gasteiger partial charge in [0.05, 0.1) is 5.69 Å². The minimum atomic E-state index is -1.10. The highest BCUT2D eigenvalue weighted by molar-refractivity contribution is 9.10. The maximum atomic E-state index is 13.0. The maximum absolute atomic E-state index is 13.0. The van der Waals surface area contributed by atoms with Crippen molar-refractivity contribution in [2.24, 2.45) is 0 Å². The van der Waals surface area contributed by atoms with Gasteiger partial charge in [-0.1, -0.05) is 22.0 Å². The predicted molar refractivity (Wildman–Crippen MR) is 127 cm³/mol. The number of hydrogen-bond donors (Lipinski definition) is 3. The Morgan fingerprint density at radius 1 is 1.15 bits per heavy atom. The molecule has 2 aliphatic heterocycles. The fourth-order valence-corrected chi connectivity index (χ4v) is 4.92. The van der Waals surface area contributed by atoms with Crippen LogP contribution in [0.3, 0.4) is 0 Å². The summed E-state index contributed by atoms with van der Waals surface area (Å²) in [6.45, 7) is 3.15. The lowest BCUT2D eigenvalue weighted by Crippen LogP contribution is -2.54. The van der Waals surface area contributed by atoms with E-state index < -0.39 is 17.2 Å². The Bertz CT molecular complexity index is 1250. The molecule has 174 valence electrons. The van der Waals surface area contributed by atoms with E-state index in [-0.39, 0.29) is 27.1 Å². The summed E-state index contributed by atoms with van der Waals surface area (Å²) in [5.41, 5.74) is 0.815. The molecule has 0 radical (unpaired) electrons. The second kappa shape index (κ2) is 7.31. The Balaban J connectivity index is 0.00000171. The van der Waals surface area contributed by atoms with Gasteiger partial charge in [0.25, 0.3) is 11.8 Å². The lowest BCUT2D eigenvalue weighted by Gasteiger charge is -2.38. The minimum absolute atomic E-state index is 0. The lowest BCUT2D eigenvalue weighted by molar-refractivity contribution is -0.133. The number of hydrogen-bond acceptors (Lipinski definition) is 5. The molecule has 1 fully saturated rings. The highest BCUT2D eigenvalue weighted by Crippen LogP contribution is 2.39. The van der Waals surface area contributed by atoms with E-state index in [0.717, 1.165) is 15.6 Å². The summed E-state index contributed by atoms with van der Waals surface area (Å²) in [5.74, 6) is -0.503. The first-order chi connectivity index (χ1) is 15.6. The van der Waals surface area contributed by atoms with Crippen molar-refractivity contribution >= 4 is 51.1 Å². The van der Waals surface area contributed by atoms with Gasteiger partial charge in [-0.15, -0.1) is 0 Å². The van der Waals surface area contributed by atoms with Crippen LogP contribution >= 0.6 is 15.9 Å². The SMILES string of the molecule is CC1(C)Oc2ccc(Br)cc2N(CC(=O)Nc2ccc3c(c2)CC2(C3)NC(=O)NC2=O)C1=O.[HH].[HH]. The van der Waals surface area contributed by atoms with Crippen molar-refractivity contribution in [3.63, 3.8) is 0 Å². The average molecular weight is 517 g/mol. The smallest absolute Gasteiger partial charge is 0.322 e. The third-order valence-electron chi connectivity index (χ3n) is 6.13. The zero-order chi connectivity index (χ0) is 23.5. The molecule has 1 saturated heterocycles. The third kappa shape index (κ3) is 3.64. The Morgan fingerprint density at radius 2 is 1.91 bits per heavy atom. The molecule has 1 spiro atoms. The molecular weight excluding hydrogens is 492 g/mol. The average Bonchev–Trinajstić information content (AvgIpc) is 3.23. The number of nitrogens with zero attached hydrogens (tertiary/aromatic N) is 1. The van der Waals surface area contributed by atoms with Gasteiger partial charge in [-0.3, -0.25) is 24.6 Å². The standard InChI is InChI=1S/C23H21BrN4O5.2H2/c1-22(2)20(31)28(16-8-14(24)4-6-17(16)33-22)11-18(29)25-15-5-3-12-9-23(10-13(12)7-15)19(30)26-21(32)27-23;;/h3-8H,9-11H2,1-2H3,(H,25,29)(H2,26,27,30,32);2*1H. The zero-order valence-corrected chi connectivity index (χ0v) is 19.5. The van der Waals surface area contributed by atoms with Gasteiger partial charge in [0, 0.05) is 25.9 Å². The number of fused-ring (bicyclic) bond motifs is 2. The van der Waals surface area contributed by atoms with Gasteiger partial charge in [-0.05, 0) is 55.3 Å². The summed E-state index contributed by atoms with van der Waals surface area (Å²) < 4.78 is 6.59. The van der Waals surface area contributed by atoms with Gasteiger partial charge in [0.2, 0.25) is 5.91 Å². The van der Waals surface area contributed by atoms with Crippen molar-refractivity contribution in [3.8, 4) is 5.75 Å². The van der Waals surface area contributed by atoms with Crippen molar-refractivity contribution in [2.75, 3.05) is 16.8 Å². The van der Waals surface area contributed by atoms with Crippen molar-refractivity contribution in [2.45, 2.75) is 37.8 Å². The van der Waals surface area contributed by atoms with Crippen LogP contribution in [-0.4, -0.2) is 41.4 Å². The van der Waals surface area contributed by atoms with Crippen LogP contribution in [0.2, 0.25) is 0 Å². The molecule has 1 aliphatic carbocycles. The summed E-state index contributed by atoms with van der Waals surface area (Å²) in [4.78, 5) is 51.2. The third-order valence-corrected chi connectivity index (χ3v) is 6.62. The van der Waals surface area contributed by atoms with Crippen LogP contribution in [-0.2, 0) is 27.2 Å². The fraction of sp³-hybridized carbons (Fsp3) is 0.304. The molecule has 3 N–H and O–H groups in total. The molecule has 2 aromatic carbocycles. The quantitative estimate of drug-likeness (QED) is 0.542. The number of urea groups is 1. The summed E-state index contributed by atoms with van der Waals surface area (Å²) >= 11 is 3.40. The molecule has 1 atom stereocenters. The largest absolute Gasteiger partial charge is 0.476 e. The normalized spacial score (nSPS) is 22.4. The maximum Gasteiger partial charge on any atom is 0.322 e. The summed E-state index contributed by atoms with van der Waals surface area (Å²) in [7, 11) is 0. The summed E-state index contributed by atoms with van der Waals surface area (Å²) in [5, 5.41) is 7.85. The Kier molecular flexibility index (Phi) is 4.75. The highest BCUT2D eigenvalue weighted by Gasteiger charge is 2.50. The van der Waals surface area contributed by atoms with Crippen molar-refractivity contribution in [3.05, 3.63) is 52.0 Å². The molecule has 10 heteroatoms.